The summed E-state index contributed by atoms with van der Waals surface area (Å²) < 4.78 is 23.2. The van der Waals surface area contributed by atoms with Crippen LogP contribution in [0.2, 0.25) is 5.02 Å². The van der Waals surface area contributed by atoms with Crippen molar-refractivity contribution in [3.63, 3.8) is 0 Å². The zero-order valence-electron chi connectivity index (χ0n) is 14.2. The number of hydrogen-bond acceptors (Lipinski definition) is 4. The van der Waals surface area contributed by atoms with E-state index in [0.717, 1.165) is 11.6 Å². The molecule has 7 heteroatoms. The first-order valence-electron chi connectivity index (χ1n) is 7.64. The molecule has 0 fully saturated rings. The first-order chi connectivity index (χ1) is 12.4. The van der Waals surface area contributed by atoms with Crippen LogP contribution >= 0.6 is 11.6 Å². The third-order valence-electron chi connectivity index (χ3n) is 3.48. The van der Waals surface area contributed by atoms with E-state index in [0.29, 0.717) is 16.3 Å². The second-order valence-corrected chi connectivity index (χ2v) is 5.70. The van der Waals surface area contributed by atoms with E-state index in [2.05, 4.69) is 5.32 Å². The Morgan fingerprint density at radius 2 is 2.04 bits per heavy atom. The highest BCUT2D eigenvalue weighted by Gasteiger charge is 2.09. The minimum Gasteiger partial charge on any atom is -0.494 e. The molecule has 0 aliphatic heterocycles. The first kappa shape index (κ1) is 19.5. The number of rotatable bonds is 6. The lowest BCUT2D eigenvalue weighted by Crippen LogP contribution is -2.20. The summed E-state index contributed by atoms with van der Waals surface area (Å²) in [7, 11) is 1.36. The van der Waals surface area contributed by atoms with Gasteiger partial charge in [0.2, 0.25) is 0 Å². The predicted octanol–water partition coefficient (Wildman–Crippen LogP) is 3.99. The second-order valence-electron chi connectivity index (χ2n) is 5.30. The van der Waals surface area contributed by atoms with Gasteiger partial charge in [-0.05, 0) is 48.4 Å². The second kappa shape index (κ2) is 9.01. The van der Waals surface area contributed by atoms with Crippen molar-refractivity contribution in [3.05, 3.63) is 64.4 Å². The summed E-state index contributed by atoms with van der Waals surface area (Å²) in [5.74, 6) is -1.65. The normalized spacial score (nSPS) is 10.6. The Bertz CT molecular complexity index is 851. The van der Waals surface area contributed by atoms with E-state index in [9.17, 15) is 14.0 Å². The molecule has 2 rings (SSSR count). The minimum atomic E-state index is -0.723. The molecule has 0 unspecified atom stereocenters. The average Bonchev–Trinajstić information content (AvgIpc) is 2.62. The summed E-state index contributed by atoms with van der Waals surface area (Å²) in [5, 5.41) is 3.13. The molecule has 0 bridgehead atoms. The highest BCUT2D eigenvalue weighted by atomic mass is 35.5. The summed E-state index contributed by atoms with van der Waals surface area (Å²) in [6.45, 7) is 1.31. The summed E-state index contributed by atoms with van der Waals surface area (Å²) >= 11 is 5.97. The number of benzene rings is 2. The summed E-state index contributed by atoms with van der Waals surface area (Å²) in [6.07, 6.45) is 2.49. The van der Waals surface area contributed by atoms with Crippen molar-refractivity contribution in [1.82, 2.24) is 0 Å². The number of anilines is 1. The third-order valence-corrected chi connectivity index (χ3v) is 3.88. The van der Waals surface area contributed by atoms with E-state index in [1.165, 1.54) is 25.3 Å². The molecule has 0 spiro atoms. The molecule has 1 N–H and O–H groups in total. The molecular weight excluding hydrogens is 361 g/mol. The number of methoxy groups -OCH3 is 1. The van der Waals surface area contributed by atoms with E-state index in [-0.39, 0.29) is 5.75 Å². The minimum absolute atomic E-state index is 0.109. The molecule has 0 aliphatic carbocycles. The van der Waals surface area contributed by atoms with Crippen molar-refractivity contribution in [1.29, 1.82) is 0 Å². The fourth-order valence-corrected chi connectivity index (χ4v) is 2.24. The average molecular weight is 378 g/mol. The van der Waals surface area contributed by atoms with Crippen LogP contribution in [0.3, 0.4) is 0 Å². The van der Waals surface area contributed by atoms with Crippen LogP contribution in [0.4, 0.5) is 10.1 Å². The maximum atomic E-state index is 13.6. The molecule has 2 aromatic carbocycles. The van der Waals surface area contributed by atoms with Gasteiger partial charge in [-0.1, -0.05) is 23.7 Å². The Morgan fingerprint density at radius 3 is 2.73 bits per heavy atom. The van der Waals surface area contributed by atoms with Gasteiger partial charge in [0.1, 0.15) is 0 Å². The number of ether oxygens (including phenoxy) is 2. The number of hydrogen-bond donors (Lipinski definition) is 1. The number of amides is 1. The van der Waals surface area contributed by atoms with Crippen molar-refractivity contribution in [2.24, 2.45) is 0 Å². The Kier molecular flexibility index (Phi) is 6.74. The molecule has 2 aromatic rings. The van der Waals surface area contributed by atoms with Gasteiger partial charge in [0.25, 0.3) is 5.91 Å². The fourth-order valence-electron chi connectivity index (χ4n) is 2.06. The van der Waals surface area contributed by atoms with Crippen LogP contribution < -0.4 is 10.1 Å². The van der Waals surface area contributed by atoms with Gasteiger partial charge in [0, 0.05) is 16.8 Å². The Balaban J connectivity index is 1.87. The van der Waals surface area contributed by atoms with Crippen LogP contribution in [-0.4, -0.2) is 25.6 Å². The summed E-state index contributed by atoms with van der Waals surface area (Å²) in [5.41, 5.74) is 1.72. The van der Waals surface area contributed by atoms with E-state index < -0.39 is 24.3 Å². The smallest absolute Gasteiger partial charge is 0.331 e. The van der Waals surface area contributed by atoms with Gasteiger partial charge in [-0.2, -0.15) is 0 Å². The molecule has 5 nitrogen and oxygen atoms in total. The van der Waals surface area contributed by atoms with Crippen molar-refractivity contribution >= 4 is 35.2 Å². The maximum Gasteiger partial charge on any atom is 0.331 e. The quantitative estimate of drug-likeness (QED) is 0.610. The molecule has 0 heterocycles. The molecule has 0 saturated carbocycles. The van der Waals surface area contributed by atoms with Crippen LogP contribution in [0, 0.1) is 12.7 Å². The number of esters is 1. The summed E-state index contributed by atoms with van der Waals surface area (Å²) in [6, 6.07) is 9.35. The van der Waals surface area contributed by atoms with Crippen molar-refractivity contribution in [3.8, 4) is 5.75 Å². The van der Waals surface area contributed by atoms with Crippen molar-refractivity contribution in [2.45, 2.75) is 6.92 Å². The molecule has 26 heavy (non-hydrogen) atoms. The maximum absolute atomic E-state index is 13.6. The molecule has 0 atom stereocenters. The van der Waals surface area contributed by atoms with Gasteiger partial charge in [-0.15, -0.1) is 0 Å². The Morgan fingerprint density at radius 1 is 1.27 bits per heavy atom. The van der Waals surface area contributed by atoms with E-state index in [1.54, 1.807) is 31.2 Å². The number of carbonyl (C=O) groups is 2. The van der Waals surface area contributed by atoms with Crippen LogP contribution in [0.15, 0.2) is 42.5 Å². The van der Waals surface area contributed by atoms with Gasteiger partial charge < -0.3 is 14.8 Å². The monoisotopic (exact) mass is 377 g/mol. The first-order valence-corrected chi connectivity index (χ1v) is 8.02. The highest BCUT2D eigenvalue weighted by Crippen LogP contribution is 2.22. The lowest BCUT2D eigenvalue weighted by Gasteiger charge is -2.09. The van der Waals surface area contributed by atoms with Crippen molar-refractivity contribution < 1.29 is 23.5 Å². The molecule has 1 amide bonds. The van der Waals surface area contributed by atoms with Gasteiger partial charge in [0.15, 0.2) is 18.2 Å². The molecule has 0 aliphatic rings. The Hall–Kier alpha value is -2.86. The predicted molar refractivity (Wildman–Crippen MR) is 97.8 cm³/mol. The van der Waals surface area contributed by atoms with Crippen LogP contribution in [0.1, 0.15) is 11.1 Å². The zero-order chi connectivity index (χ0) is 19.1. The van der Waals surface area contributed by atoms with Gasteiger partial charge >= 0.3 is 5.97 Å². The topological polar surface area (TPSA) is 64.6 Å². The lowest BCUT2D eigenvalue weighted by atomic mass is 10.2. The number of halogens is 2. The summed E-state index contributed by atoms with van der Waals surface area (Å²) in [4.78, 5) is 23.5. The van der Waals surface area contributed by atoms with Crippen LogP contribution in [0.5, 0.6) is 5.75 Å². The zero-order valence-corrected chi connectivity index (χ0v) is 15.0. The van der Waals surface area contributed by atoms with Gasteiger partial charge in [0.05, 0.1) is 7.11 Å². The largest absolute Gasteiger partial charge is 0.494 e. The van der Waals surface area contributed by atoms with Crippen LogP contribution in [-0.2, 0) is 14.3 Å². The lowest BCUT2D eigenvalue weighted by molar-refractivity contribution is -0.142. The molecular formula is C19H17ClFNO4. The number of carbonyl (C=O) groups excluding carboxylic acids is 2. The molecule has 0 radical (unpaired) electrons. The standard InChI is InChI=1S/C19H17ClFNO4/c1-12-14(20)4-3-5-16(12)22-18(23)11-26-19(24)9-7-13-6-8-17(25-2)15(21)10-13/h3-10H,11H2,1-2H3,(H,22,23)/b9-7+. The van der Waals surface area contributed by atoms with Gasteiger partial charge in [-0.25, -0.2) is 9.18 Å². The molecule has 0 saturated heterocycles. The van der Waals surface area contributed by atoms with E-state index in [4.69, 9.17) is 21.1 Å². The fraction of sp³-hybridized carbons (Fsp3) is 0.158. The Labute approximate surface area is 155 Å². The SMILES string of the molecule is COc1ccc(/C=C/C(=O)OCC(=O)Nc2cccc(Cl)c2C)cc1F. The third kappa shape index (κ3) is 5.32. The van der Waals surface area contributed by atoms with E-state index in [1.807, 2.05) is 0 Å². The van der Waals surface area contributed by atoms with Crippen molar-refractivity contribution in [2.75, 3.05) is 19.0 Å². The molecule has 0 aromatic heterocycles. The van der Waals surface area contributed by atoms with E-state index >= 15 is 0 Å². The van der Waals surface area contributed by atoms with Crippen LogP contribution in [0.25, 0.3) is 6.08 Å². The number of nitrogens with one attached hydrogen (secondary N) is 1. The highest BCUT2D eigenvalue weighted by molar-refractivity contribution is 6.31. The molecule has 136 valence electrons. The van der Waals surface area contributed by atoms with Gasteiger partial charge in [-0.3, -0.25) is 4.79 Å².